The summed E-state index contributed by atoms with van der Waals surface area (Å²) in [6, 6.07) is 5.41. The third kappa shape index (κ3) is 7.69. The van der Waals surface area contributed by atoms with Crippen LogP contribution in [0.2, 0.25) is 0 Å². The Morgan fingerprint density at radius 1 is 1.06 bits per heavy atom. The lowest BCUT2D eigenvalue weighted by atomic mass is 9.55. The number of hydrogen-bond donors (Lipinski definition) is 2. The lowest BCUT2D eigenvalue weighted by Gasteiger charge is -2.58. The van der Waals surface area contributed by atoms with E-state index in [1.165, 1.54) is 0 Å². The average molecular weight is 695 g/mol. The van der Waals surface area contributed by atoms with E-state index >= 15 is 0 Å². The van der Waals surface area contributed by atoms with Gasteiger partial charge in [-0.2, -0.15) is 0 Å². The molecule has 0 saturated heterocycles. The lowest BCUT2D eigenvalue weighted by Crippen LogP contribution is -2.63. The molecule has 1 saturated carbocycles. The molecule has 0 amide bonds. The molecule has 50 heavy (non-hydrogen) atoms. The molecule has 2 heterocycles. The molecular weight excluding hydrogens is 640 g/mol. The molecule has 1 fully saturated rings. The second-order valence-electron chi connectivity index (χ2n) is 12.9. The molecule has 2 aliphatic carbocycles. The molecule has 3 aliphatic rings. The first-order valence-corrected chi connectivity index (χ1v) is 18.0. The molecule has 274 valence electrons. The Kier molecular flexibility index (Phi) is 13.6. The second kappa shape index (κ2) is 18.1. The van der Waals surface area contributed by atoms with Gasteiger partial charge in [-0.3, -0.25) is 0 Å². The molecule has 1 aliphatic heterocycles. The number of aliphatic hydroxyl groups is 2. The maximum absolute atomic E-state index is 9.82. The molecular formula is C38H54N4O8. The fourth-order valence-electron chi connectivity index (χ4n) is 8.12. The summed E-state index contributed by atoms with van der Waals surface area (Å²) < 4.78 is 34.2. The summed E-state index contributed by atoms with van der Waals surface area (Å²) in [5.41, 5.74) is 3.46. The highest BCUT2D eigenvalue weighted by Crippen LogP contribution is 2.63. The van der Waals surface area contributed by atoms with Crippen molar-refractivity contribution >= 4 is 5.71 Å². The highest BCUT2D eigenvalue weighted by atomic mass is 16.7. The molecule has 0 radical (unpaired) electrons. The van der Waals surface area contributed by atoms with Crippen molar-refractivity contribution < 1.29 is 38.7 Å². The molecule has 5 rings (SSSR count). The van der Waals surface area contributed by atoms with Gasteiger partial charge >= 0.3 is 0 Å². The van der Waals surface area contributed by atoms with E-state index in [1.54, 1.807) is 25.5 Å². The molecule has 0 bridgehead atoms. The van der Waals surface area contributed by atoms with Gasteiger partial charge in [0.2, 0.25) is 12.1 Å². The number of aromatic nitrogens is 3. The Morgan fingerprint density at radius 2 is 1.80 bits per heavy atom. The van der Waals surface area contributed by atoms with E-state index < -0.39 is 18.1 Å². The maximum atomic E-state index is 9.82. The zero-order valence-electron chi connectivity index (χ0n) is 29.7. The van der Waals surface area contributed by atoms with Crippen LogP contribution in [-0.4, -0.2) is 83.5 Å². The van der Waals surface area contributed by atoms with Gasteiger partial charge in [-0.05, 0) is 75.1 Å². The number of nitrogens with zero attached hydrogens (tertiary/aromatic N) is 4. The van der Waals surface area contributed by atoms with E-state index in [-0.39, 0.29) is 43.5 Å². The number of rotatable bonds is 21. The number of fused-ring (bicyclic) bond motifs is 2. The van der Waals surface area contributed by atoms with Crippen molar-refractivity contribution in [3.8, 4) is 11.5 Å². The topological polar surface area (TPSA) is 139 Å². The van der Waals surface area contributed by atoms with Crippen LogP contribution >= 0.6 is 0 Å². The van der Waals surface area contributed by atoms with Gasteiger partial charge < -0.3 is 38.7 Å². The summed E-state index contributed by atoms with van der Waals surface area (Å²) >= 11 is 0. The van der Waals surface area contributed by atoms with E-state index in [4.69, 9.17) is 28.5 Å². The van der Waals surface area contributed by atoms with E-state index in [9.17, 15) is 10.2 Å². The number of unbranched alkanes of at least 4 members (excludes halogenated alkanes) is 2. The van der Waals surface area contributed by atoms with Gasteiger partial charge in [-0.15, -0.1) is 11.7 Å². The van der Waals surface area contributed by atoms with Crippen molar-refractivity contribution in [1.82, 2.24) is 15.0 Å². The van der Waals surface area contributed by atoms with Gasteiger partial charge in [-0.25, -0.2) is 4.68 Å². The summed E-state index contributed by atoms with van der Waals surface area (Å²) in [5, 5.41) is 33.1. The fraction of sp³-hybridized carbons (Fsp3) is 0.605. The molecule has 12 nitrogen and oxygen atoms in total. The van der Waals surface area contributed by atoms with E-state index in [0.717, 1.165) is 54.7 Å². The van der Waals surface area contributed by atoms with Crippen molar-refractivity contribution in [1.29, 1.82) is 0 Å². The van der Waals surface area contributed by atoms with Crippen molar-refractivity contribution in [2.75, 3.05) is 46.8 Å². The Balaban J connectivity index is 1.78. The largest absolute Gasteiger partial charge is 0.490 e. The average Bonchev–Trinajstić information content (AvgIpc) is 3.61. The van der Waals surface area contributed by atoms with Gasteiger partial charge in [0.15, 0.2) is 0 Å². The third-order valence-corrected chi connectivity index (χ3v) is 9.99. The quantitative estimate of drug-likeness (QED) is 0.0687. The summed E-state index contributed by atoms with van der Waals surface area (Å²) in [5.74, 6) is 0.0224. The minimum absolute atomic E-state index is 0.0972. The summed E-state index contributed by atoms with van der Waals surface area (Å²) in [6.45, 7) is 13.4. The minimum atomic E-state index is -1.27. The molecule has 1 aromatic carbocycles. The smallest absolute Gasteiger partial charge is 0.241 e. The van der Waals surface area contributed by atoms with Crippen LogP contribution in [0.15, 0.2) is 66.5 Å². The SMILES string of the molecule is C=CCOc1ccc2c(c1)[C@H]1[C@H](CCCCO)[C@@H](CCCCO)C=C3C(=NOC)C[C@H](n4nncc4C(OCC)OCC)[C@@](OCC=C)(O2)[C@H]31. The van der Waals surface area contributed by atoms with Gasteiger partial charge in [0.25, 0.3) is 0 Å². The maximum Gasteiger partial charge on any atom is 0.241 e. The van der Waals surface area contributed by atoms with Crippen LogP contribution in [0, 0.1) is 17.8 Å². The Labute approximate surface area is 295 Å². The number of ether oxygens (including phenoxy) is 5. The van der Waals surface area contributed by atoms with Gasteiger partial charge in [-0.1, -0.05) is 48.0 Å². The van der Waals surface area contributed by atoms with Crippen LogP contribution < -0.4 is 9.47 Å². The number of oxime groups is 1. The Morgan fingerprint density at radius 3 is 2.48 bits per heavy atom. The molecule has 12 heteroatoms. The zero-order valence-corrected chi connectivity index (χ0v) is 29.7. The summed E-state index contributed by atoms with van der Waals surface area (Å²) in [4.78, 5) is 5.52. The van der Waals surface area contributed by atoms with Crippen LogP contribution in [0.5, 0.6) is 11.5 Å². The first kappa shape index (κ1) is 37.7. The predicted molar refractivity (Wildman–Crippen MR) is 189 cm³/mol. The van der Waals surface area contributed by atoms with Gasteiger partial charge in [0.1, 0.15) is 37.0 Å². The first-order valence-electron chi connectivity index (χ1n) is 18.0. The molecule has 2 aromatic rings. The van der Waals surface area contributed by atoms with Crippen molar-refractivity contribution in [2.45, 2.75) is 82.8 Å². The highest BCUT2D eigenvalue weighted by molar-refractivity contribution is 6.02. The zero-order chi connectivity index (χ0) is 35.5. The van der Waals surface area contributed by atoms with Crippen LogP contribution in [0.25, 0.3) is 0 Å². The van der Waals surface area contributed by atoms with E-state index in [0.29, 0.717) is 44.1 Å². The standard InChI is InChI=1S/C38H54N4O8/c1-6-20-48-27-16-17-33-30(23-27)35-28(15-11-13-19-44)26(14-10-12-18-43)22-29-31(40-45-5)24-34(38(50-33,36(29)35)49-21-7-2)42-32(25-39-41-42)37(46-8-3)47-9-4/h6-7,16-17,22-23,25-26,28,34-37,43-44H,1-2,8-15,18-21,24H2,3-5H3/t26-,28+,34-,35+,36+,38+/m0/s1. The van der Waals surface area contributed by atoms with Crippen LogP contribution in [0.3, 0.4) is 0 Å². The number of allylic oxidation sites excluding steroid dienone is 1. The molecule has 0 spiro atoms. The van der Waals surface area contributed by atoms with Crippen molar-refractivity contribution in [2.24, 2.45) is 22.9 Å². The number of aliphatic hydroxyl groups excluding tert-OH is 2. The second-order valence-corrected chi connectivity index (χ2v) is 12.9. The van der Waals surface area contributed by atoms with E-state index in [2.05, 4.69) is 40.8 Å². The Hall–Kier alpha value is -3.55. The fourth-order valence-corrected chi connectivity index (χ4v) is 8.12. The van der Waals surface area contributed by atoms with Crippen LogP contribution in [-0.2, 0) is 19.0 Å². The first-order chi connectivity index (χ1) is 24.5. The minimum Gasteiger partial charge on any atom is -0.490 e. The highest BCUT2D eigenvalue weighted by Gasteiger charge is 2.65. The Bertz CT molecular complexity index is 1470. The van der Waals surface area contributed by atoms with Crippen LogP contribution in [0.1, 0.15) is 88.3 Å². The molecule has 6 atom stereocenters. The van der Waals surface area contributed by atoms with Crippen molar-refractivity contribution in [3.63, 3.8) is 0 Å². The molecule has 0 unspecified atom stereocenters. The van der Waals surface area contributed by atoms with Crippen LogP contribution in [0.4, 0.5) is 0 Å². The summed E-state index contributed by atoms with van der Waals surface area (Å²) in [6.07, 6.45) is 12.1. The van der Waals surface area contributed by atoms with Gasteiger partial charge in [0.05, 0.1) is 24.4 Å². The molecule has 1 aromatic heterocycles. The van der Waals surface area contributed by atoms with Crippen molar-refractivity contribution in [3.05, 3.63) is 72.6 Å². The molecule has 2 N–H and O–H groups in total. The third-order valence-electron chi connectivity index (χ3n) is 9.99. The van der Waals surface area contributed by atoms with Gasteiger partial charge in [0, 0.05) is 44.3 Å². The monoisotopic (exact) mass is 694 g/mol. The van der Waals surface area contributed by atoms with E-state index in [1.807, 2.05) is 30.7 Å². The summed E-state index contributed by atoms with van der Waals surface area (Å²) in [7, 11) is 1.56. The normalized spacial score (nSPS) is 26.2. The lowest BCUT2D eigenvalue weighted by molar-refractivity contribution is -0.253. The predicted octanol–water partition coefficient (Wildman–Crippen LogP) is 6.05. The number of hydrogen-bond acceptors (Lipinski definition) is 11. The number of benzene rings is 1.